The molecule has 0 saturated carbocycles. The third kappa shape index (κ3) is 3.45. The number of halogens is 1. The molecule has 0 aliphatic carbocycles. The third-order valence-electron chi connectivity index (χ3n) is 3.83. The minimum atomic E-state index is -0.364. The number of hydrogen-bond acceptors (Lipinski definition) is 4. The smallest absolute Gasteiger partial charge is 0.253 e. The molecule has 1 amide bonds. The maximum Gasteiger partial charge on any atom is 0.253 e. The average molecular weight is 355 g/mol. The highest BCUT2D eigenvalue weighted by molar-refractivity contribution is 9.10. The molecule has 2 fully saturated rings. The first-order valence-electron chi connectivity index (χ1n) is 7.23. The lowest BCUT2D eigenvalue weighted by Gasteiger charge is -2.36. The van der Waals surface area contributed by atoms with Crippen molar-refractivity contribution in [3.63, 3.8) is 0 Å². The van der Waals surface area contributed by atoms with Crippen LogP contribution in [-0.2, 0) is 14.3 Å². The van der Waals surface area contributed by atoms with Crippen molar-refractivity contribution in [2.45, 2.75) is 12.2 Å². The highest BCUT2D eigenvalue weighted by atomic mass is 79.9. The van der Waals surface area contributed by atoms with Gasteiger partial charge >= 0.3 is 0 Å². The number of nitrogens with one attached hydrogen (secondary N) is 1. The molecule has 0 unspecified atom stereocenters. The summed E-state index contributed by atoms with van der Waals surface area (Å²) in [6.07, 6.45) is -0.452. The van der Waals surface area contributed by atoms with Gasteiger partial charge in [-0.15, -0.1) is 0 Å². The van der Waals surface area contributed by atoms with Crippen LogP contribution >= 0.6 is 15.9 Å². The fraction of sp³-hybridized carbons (Fsp3) is 0.533. The van der Waals surface area contributed by atoms with E-state index in [4.69, 9.17) is 9.47 Å². The molecular weight excluding hydrogens is 336 g/mol. The van der Waals surface area contributed by atoms with Crippen LogP contribution in [0.5, 0.6) is 0 Å². The third-order valence-corrected chi connectivity index (χ3v) is 4.56. The van der Waals surface area contributed by atoms with Gasteiger partial charge in [0, 0.05) is 24.1 Å². The van der Waals surface area contributed by atoms with Gasteiger partial charge in [0.1, 0.15) is 12.2 Å². The van der Waals surface area contributed by atoms with Gasteiger partial charge in [0.2, 0.25) is 0 Å². The second-order valence-corrected chi connectivity index (χ2v) is 6.08. The minimum absolute atomic E-state index is 0.0579. The molecule has 0 aromatic heterocycles. The molecule has 2 atom stereocenters. The van der Waals surface area contributed by atoms with E-state index in [1.807, 2.05) is 29.2 Å². The highest BCUT2D eigenvalue weighted by Gasteiger charge is 2.31. The van der Waals surface area contributed by atoms with Crippen molar-refractivity contribution in [3.8, 4) is 0 Å². The Labute approximate surface area is 132 Å². The lowest BCUT2D eigenvalue weighted by molar-refractivity contribution is -0.152. The van der Waals surface area contributed by atoms with Crippen molar-refractivity contribution >= 4 is 21.8 Å². The van der Waals surface area contributed by atoms with Crippen LogP contribution in [0.15, 0.2) is 28.7 Å². The Hall–Kier alpha value is -0.950. The van der Waals surface area contributed by atoms with E-state index >= 15 is 0 Å². The summed E-state index contributed by atoms with van der Waals surface area (Å²) in [5.41, 5.74) is 1.08. The van der Waals surface area contributed by atoms with Gasteiger partial charge in [-0.25, -0.2) is 0 Å². The molecule has 2 aliphatic rings. The number of amides is 1. The van der Waals surface area contributed by atoms with Crippen molar-refractivity contribution in [1.82, 2.24) is 10.2 Å². The van der Waals surface area contributed by atoms with Crippen molar-refractivity contribution in [3.05, 3.63) is 34.3 Å². The Morgan fingerprint density at radius 1 is 1.29 bits per heavy atom. The molecule has 5 nitrogen and oxygen atoms in total. The van der Waals surface area contributed by atoms with Crippen LogP contribution in [0.25, 0.3) is 0 Å². The Bertz CT molecular complexity index is 505. The summed E-state index contributed by atoms with van der Waals surface area (Å²) >= 11 is 3.55. The predicted molar refractivity (Wildman–Crippen MR) is 82.0 cm³/mol. The number of ether oxygens (including phenoxy) is 2. The Kier molecular flexibility index (Phi) is 4.90. The second-order valence-electron chi connectivity index (χ2n) is 5.23. The summed E-state index contributed by atoms with van der Waals surface area (Å²) in [6.45, 7) is 3.75. The fourth-order valence-electron chi connectivity index (χ4n) is 2.70. The highest BCUT2D eigenvalue weighted by Crippen LogP contribution is 2.28. The van der Waals surface area contributed by atoms with Crippen LogP contribution in [0.3, 0.4) is 0 Å². The summed E-state index contributed by atoms with van der Waals surface area (Å²) in [5.74, 6) is 0.0579. The number of morpholine rings is 2. The van der Waals surface area contributed by atoms with E-state index in [9.17, 15) is 4.79 Å². The average Bonchev–Trinajstić information content (AvgIpc) is 2.55. The summed E-state index contributed by atoms with van der Waals surface area (Å²) in [4.78, 5) is 14.4. The van der Waals surface area contributed by atoms with Crippen LogP contribution < -0.4 is 5.32 Å². The van der Waals surface area contributed by atoms with Crippen molar-refractivity contribution in [2.24, 2.45) is 0 Å². The Morgan fingerprint density at radius 3 is 2.90 bits per heavy atom. The van der Waals surface area contributed by atoms with E-state index in [1.165, 1.54) is 0 Å². The molecule has 0 spiro atoms. The van der Waals surface area contributed by atoms with Gasteiger partial charge < -0.3 is 19.7 Å². The van der Waals surface area contributed by atoms with Crippen molar-refractivity contribution in [1.29, 1.82) is 0 Å². The predicted octanol–water partition coefficient (Wildman–Crippen LogP) is 1.34. The quantitative estimate of drug-likeness (QED) is 0.870. The number of carbonyl (C=O) groups excluding carboxylic acids is 1. The maximum atomic E-state index is 12.5. The topological polar surface area (TPSA) is 50.8 Å². The van der Waals surface area contributed by atoms with Gasteiger partial charge in [-0.3, -0.25) is 4.79 Å². The Balaban J connectivity index is 1.68. The normalized spacial score (nSPS) is 26.6. The first-order chi connectivity index (χ1) is 10.3. The summed E-state index contributed by atoms with van der Waals surface area (Å²) in [6, 6.07) is 7.98. The lowest BCUT2D eigenvalue weighted by Crippen LogP contribution is -2.52. The summed E-state index contributed by atoms with van der Waals surface area (Å²) in [5, 5.41) is 3.20. The minimum Gasteiger partial charge on any atom is -0.370 e. The largest absolute Gasteiger partial charge is 0.370 e. The molecule has 1 aromatic rings. The second kappa shape index (κ2) is 6.87. The number of benzene rings is 1. The van der Waals surface area contributed by atoms with Crippen molar-refractivity contribution < 1.29 is 14.3 Å². The van der Waals surface area contributed by atoms with Crippen LogP contribution in [0.1, 0.15) is 11.7 Å². The first kappa shape index (κ1) is 15.0. The molecular formula is C15H19BrN2O3. The molecule has 2 aliphatic heterocycles. The first-order valence-corrected chi connectivity index (χ1v) is 8.02. The van der Waals surface area contributed by atoms with E-state index in [1.54, 1.807) is 0 Å². The number of carbonyl (C=O) groups is 1. The zero-order valence-electron chi connectivity index (χ0n) is 11.8. The molecule has 2 heterocycles. The zero-order chi connectivity index (χ0) is 14.7. The fourth-order valence-corrected chi connectivity index (χ4v) is 3.24. The maximum absolute atomic E-state index is 12.5. The standard InChI is InChI=1S/C15H19BrN2O3/c16-12-4-2-1-3-11(12)14-10-18(6-8-21-14)15(19)13-9-17-5-7-20-13/h1-4,13-14,17H,5-10H2/t13-,14+/m1/s1. The number of nitrogens with zero attached hydrogens (tertiary/aromatic N) is 1. The van der Waals surface area contributed by atoms with Gasteiger partial charge in [0.05, 0.1) is 19.8 Å². The summed E-state index contributed by atoms with van der Waals surface area (Å²) in [7, 11) is 0. The van der Waals surface area contributed by atoms with Gasteiger partial charge in [-0.05, 0) is 11.6 Å². The van der Waals surface area contributed by atoms with Gasteiger partial charge in [0.15, 0.2) is 0 Å². The van der Waals surface area contributed by atoms with E-state index in [-0.39, 0.29) is 18.1 Å². The number of rotatable bonds is 2. The summed E-state index contributed by atoms with van der Waals surface area (Å²) < 4.78 is 12.4. The van der Waals surface area contributed by atoms with E-state index in [0.29, 0.717) is 32.8 Å². The Morgan fingerprint density at radius 2 is 2.14 bits per heavy atom. The zero-order valence-corrected chi connectivity index (χ0v) is 13.3. The van der Waals surface area contributed by atoms with E-state index < -0.39 is 0 Å². The SMILES string of the molecule is O=C([C@H]1CNCCO1)N1CCO[C@H](c2ccccc2Br)C1. The molecule has 1 N–H and O–H groups in total. The van der Waals surface area contributed by atoms with E-state index in [0.717, 1.165) is 16.6 Å². The monoisotopic (exact) mass is 354 g/mol. The molecule has 114 valence electrons. The molecule has 3 rings (SSSR count). The van der Waals surface area contributed by atoms with Crippen molar-refractivity contribution in [2.75, 3.05) is 39.4 Å². The van der Waals surface area contributed by atoms with Crippen LogP contribution in [0.2, 0.25) is 0 Å². The van der Waals surface area contributed by atoms with Crippen LogP contribution in [0, 0.1) is 0 Å². The van der Waals surface area contributed by atoms with Gasteiger partial charge in [0.25, 0.3) is 5.91 Å². The molecule has 6 heteroatoms. The van der Waals surface area contributed by atoms with Gasteiger partial charge in [-0.1, -0.05) is 34.1 Å². The number of hydrogen-bond donors (Lipinski definition) is 1. The molecule has 21 heavy (non-hydrogen) atoms. The van der Waals surface area contributed by atoms with E-state index in [2.05, 4.69) is 21.2 Å². The lowest BCUT2D eigenvalue weighted by atomic mass is 10.1. The van der Waals surface area contributed by atoms with Crippen LogP contribution in [0.4, 0.5) is 0 Å². The van der Waals surface area contributed by atoms with Crippen LogP contribution in [-0.4, -0.2) is 56.3 Å². The molecule has 1 aromatic carbocycles. The molecule has 0 radical (unpaired) electrons. The molecule has 0 bridgehead atoms. The van der Waals surface area contributed by atoms with Gasteiger partial charge in [-0.2, -0.15) is 0 Å². The molecule has 2 saturated heterocycles.